The number of para-hydroxylation sites is 1. The standard InChI is InChI=1S/C11H16N2O2S/c12-9-5-4-6-10(11(9)14)16(15)13-7-2-1-3-8-13/h4-6,14H,1-3,7-8,12H2. The van der Waals surface area contributed by atoms with E-state index in [9.17, 15) is 9.32 Å². The zero-order valence-corrected chi connectivity index (χ0v) is 9.87. The number of benzene rings is 1. The van der Waals surface area contributed by atoms with E-state index in [-0.39, 0.29) is 11.4 Å². The molecule has 2 rings (SSSR count). The molecule has 5 heteroatoms. The van der Waals surface area contributed by atoms with Gasteiger partial charge in [0.2, 0.25) is 0 Å². The van der Waals surface area contributed by atoms with Crippen LogP contribution in [0.5, 0.6) is 5.75 Å². The fourth-order valence-corrected chi connectivity index (χ4v) is 3.20. The van der Waals surface area contributed by atoms with E-state index in [1.54, 1.807) is 18.2 Å². The molecule has 1 aromatic rings. The van der Waals surface area contributed by atoms with E-state index in [2.05, 4.69) is 0 Å². The zero-order valence-electron chi connectivity index (χ0n) is 9.06. The number of anilines is 1. The second-order valence-corrected chi connectivity index (χ2v) is 5.39. The van der Waals surface area contributed by atoms with Gasteiger partial charge < -0.3 is 10.8 Å². The Kier molecular flexibility index (Phi) is 3.46. The van der Waals surface area contributed by atoms with E-state index >= 15 is 0 Å². The van der Waals surface area contributed by atoms with E-state index in [1.807, 2.05) is 4.31 Å². The lowest BCUT2D eigenvalue weighted by Gasteiger charge is -2.25. The molecule has 0 amide bonds. The van der Waals surface area contributed by atoms with Gasteiger partial charge in [-0.3, -0.25) is 0 Å². The van der Waals surface area contributed by atoms with Gasteiger partial charge in [-0.2, -0.15) is 0 Å². The van der Waals surface area contributed by atoms with Gasteiger partial charge in [0.15, 0.2) is 5.75 Å². The number of aromatic hydroxyl groups is 1. The van der Waals surface area contributed by atoms with Crippen molar-refractivity contribution in [2.75, 3.05) is 18.8 Å². The van der Waals surface area contributed by atoms with Crippen LogP contribution >= 0.6 is 0 Å². The molecule has 0 radical (unpaired) electrons. The predicted octanol–water partition coefficient (Wildman–Crippen LogP) is 1.48. The predicted molar refractivity (Wildman–Crippen MR) is 64.4 cm³/mol. The third kappa shape index (κ3) is 2.20. The number of phenols is 1. The first-order valence-electron chi connectivity index (χ1n) is 5.44. The topological polar surface area (TPSA) is 66.6 Å². The Morgan fingerprint density at radius 1 is 1.25 bits per heavy atom. The summed E-state index contributed by atoms with van der Waals surface area (Å²) in [5, 5.41) is 9.75. The summed E-state index contributed by atoms with van der Waals surface area (Å²) in [6, 6.07) is 4.98. The molecule has 1 aliphatic rings. The number of hydrogen-bond donors (Lipinski definition) is 2. The van der Waals surface area contributed by atoms with Crippen LogP contribution in [0, 0.1) is 0 Å². The zero-order chi connectivity index (χ0) is 11.5. The van der Waals surface area contributed by atoms with Gasteiger partial charge in [0, 0.05) is 13.1 Å². The maximum atomic E-state index is 12.2. The van der Waals surface area contributed by atoms with Crippen LogP contribution in [0.15, 0.2) is 23.1 Å². The van der Waals surface area contributed by atoms with Gasteiger partial charge >= 0.3 is 0 Å². The highest BCUT2D eigenvalue weighted by atomic mass is 32.2. The Balaban J connectivity index is 2.22. The average Bonchev–Trinajstić information content (AvgIpc) is 2.33. The number of phenolic OH excluding ortho intramolecular Hbond substituents is 1. The van der Waals surface area contributed by atoms with Crippen LogP contribution in [0.2, 0.25) is 0 Å². The molecule has 0 aromatic heterocycles. The Hall–Kier alpha value is -1.07. The summed E-state index contributed by atoms with van der Waals surface area (Å²) >= 11 is 0. The average molecular weight is 240 g/mol. The molecule has 0 aliphatic carbocycles. The number of nitrogen functional groups attached to an aromatic ring is 1. The molecular weight excluding hydrogens is 224 g/mol. The summed E-state index contributed by atoms with van der Waals surface area (Å²) in [6.07, 6.45) is 3.32. The number of nitrogens with zero attached hydrogens (tertiary/aromatic N) is 1. The molecule has 16 heavy (non-hydrogen) atoms. The quantitative estimate of drug-likeness (QED) is 0.608. The molecule has 1 unspecified atom stereocenters. The monoisotopic (exact) mass is 240 g/mol. The highest BCUT2D eigenvalue weighted by Gasteiger charge is 2.20. The van der Waals surface area contributed by atoms with Crippen molar-refractivity contribution in [2.45, 2.75) is 24.2 Å². The van der Waals surface area contributed by atoms with E-state index in [4.69, 9.17) is 5.73 Å². The van der Waals surface area contributed by atoms with Crippen molar-refractivity contribution in [3.8, 4) is 5.75 Å². The van der Waals surface area contributed by atoms with Gasteiger partial charge in [0.05, 0.1) is 10.6 Å². The Morgan fingerprint density at radius 3 is 2.62 bits per heavy atom. The largest absolute Gasteiger partial charge is 0.505 e. The van der Waals surface area contributed by atoms with E-state index in [0.29, 0.717) is 4.90 Å². The molecule has 1 fully saturated rings. The summed E-state index contributed by atoms with van der Waals surface area (Å²) in [5.41, 5.74) is 5.87. The molecule has 1 aliphatic heterocycles. The lowest BCUT2D eigenvalue weighted by molar-refractivity contribution is 0.364. The van der Waals surface area contributed by atoms with Crippen molar-refractivity contribution in [1.29, 1.82) is 0 Å². The maximum absolute atomic E-state index is 12.2. The van der Waals surface area contributed by atoms with Crippen LogP contribution in [0.3, 0.4) is 0 Å². The lowest BCUT2D eigenvalue weighted by Crippen LogP contribution is -2.31. The van der Waals surface area contributed by atoms with Crippen LogP contribution < -0.4 is 5.73 Å². The van der Waals surface area contributed by atoms with Crippen molar-refractivity contribution in [3.05, 3.63) is 18.2 Å². The Labute approximate surface area is 97.7 Å². The molecule has 1 atom stereocenters. The number of piperidine rings is 1. The summed E-state index contributed by atoms with van der Waals surface area (Å²) < 4.78 is 14.1. The maximum Gasteiger partial charge on any atom is 0.155 e. The molecule has 3 N–H and O–H groups in total. The molecule has 4 nitrogen and oxygen atoms in total. The number of nitrogens with two attached hydrogens (primary N) is 1. The van der Waals surface area contributed by atoms with Gasteiger partial charge in [0.25, 0.3) is 0 Å². The third-order valence-corrected chi connectivity index (χ3v) is 4.31. The SMILES string of the molecule is Nc1cccc(S(=O)N2CCCCC2)c1O. The van der Waals surface area contributed by atoms with E-state index in [0.717, 1.165) is 25.9 Å². The van der Waals surface area contributed by atoms with Crippen LogP contribution in [0.1, 0.15) is 19.3 Å². The third-order valence-electron chi connectivity index (χ3n) is 2.77. The van der Waals surface area contributed by atoms with Gasteiger partial charge in [-0.15, -0.1) is 0 Å². The number of rotatable bonds is 2. The van der Waals surface area contributed by atoms with Crippen molar-refractivity contribution in [2.24, 2.45) is 0 Å². The highest BCUT2D eigenvalue weighted by Crippen LogP contribution is 2.29. The second kappa shape index (κ2) is 4.84. The Morgan fingerprint density at radius 2 is 1.94 bits per heavy atom. The first-order chi connectivity index (χ1) is 7.70. The first kappa shape index (κ1) is 11.4. The van der Waals surface area contributed by atoms with Crippen LogP contribution in [-0.4, -0.2) is 26.7 Å². The summed E-state index contributed by atoms with van der Waals surface area (Å²) in [4.78, 5) is 0.418. The van der Waals surface area contributed by atoms with Crippen LogP contribution in [0.25, 0.3) is 0 Å². The molecule has 1 aromatic carbocycles. The molecule has 1 heterocycles. The molecule has 0 saturated carbocycles. The van der Waals surface area contributed by atoms with Gasteiger partial charge in [-0.25, -0.2) is 8.51 Å². The first-order valence-corrected chi connectivity index (χ1v) is 6.55. The minimum absolute atomic E-state index is 0.0496. The fourth-order valence-electron chi connectivity index (χ4n) is 1.85. The Bertz CT molecular complexity index is 403. The van der Waals surface area contributed by atoms with Crippen LogP contribution in [0.4, 0.5) is 5.69 Å². The van der Waals surface area contributed by atoms with Crippen LogP contribution in [-0.2, 0) is 11.0 Å². The molecule has 88 valence electrons. The molecule has 0 spiro atoms. The number of hydrogen-bond acceptors (Lipinski definition) is 3. The van der Waals surface area contributed by atoms with Crippen molar-refractivity contribution in [3.63, 3.8) is 0 Å². The van der Waals surface area contributed by atoms with Gasteiger partial charge in [-0.1, -0.05) is 12.5 Å². The van der Waals surface area contributed by atoms with Gasteiger partial charge in [0.1, 0.15) is 11.0 Å². The van der Waals surface area contributed by atoms with Crippen molar-refractivity contribution >= 4 is 16.7 Å². The highest BCUT2D eigenvalue weighted by molar-refractivity contribution is 7.82. The minimum Gasteiger partial charge on any atom is -0.505 e. The fraction of sp³-hybridized carbons (Fsp3) is 0.455. The normalized spacial score (nSPS) is 19.5. The second-order valence-electron chi connectivity index (χ2n) is 3.93. The summed E-state index contributed by atoms with van der Waals surface area (Å²) in [5.74, 6) is -0.0496. The van der Waals surface area contributed by atoms with Crippen molar-refractivity contribution in [1.82, 2.24) is 4.31 Å². The molecular formula is C11H16N2O2S. The van der Waals surface area contributed by atoms with E-state index < -0.39 is 11.0 Å². The summed E-state index contributed by atoms with van der Waals surface area (Å²) in [6.45, 7) is 1.64. The van der Waals surface area contributed by atoms with Crippen molar-refractivity contribution < 1.29 is 9.32 Å². The van der Waals surface area contributed by atoms with Gasteiger partial charge in [-0.05, 0) is 25.0 Å². The van der Waals surface area contributed by atoms with E-state index in [1.165, 1.54) is 6.42 Å². The molecule has 1 saturated heterocycles. The summed E-state index contributed by atoms with van der Waals surface area (Å²) in [7, 11) is -1.29. The minimum atomic E-state index is -1.29. The molecule has 0 bridgehead atoms. The smallest absolute Gasteiger partial charge is 0.155 e. The lowest BCUT2D eigenvalue weighted by atomic mass is 10.2.